The number of hydrogen-bond donors (Lipinski definition) is 3. The maximum Gasteiger partial charge on any atom is 0.207 e. The van der Waals surface area contributed by atoms with Gasteiger partial charge in [-0.2, -0.15) is 0 Å². The van der Waals surface area contributed by atoms with E-state index in [-0.39, 0.29) is 18.0 Å². The molecule has 0 aliphatic rings. The molecule has 5 heteroatoms. The Labute approximate surface area is 104 Å². The highest BCUT2D eigenvalue weighted by Crippen LogP contribution is 1.97. The number of ketones is 1. The van der Waals surface area contributed by atoms with Crippen LogP contribution in [0.4, 0.5) is 0 Å². The molecule has 17 heavy (non-hydrogen) atoms. The van der Waals surface area contributed by atoms with Crippen molar-refractivity contribution in [1.29, 1.82) is 0 Å². The van der Waals surface area contributed by atoms with Gasteiger partial charge >= 0.3 is 0 Å². The molecule has 0 spiro atoms. The predicted molar refractivity (Wildman–Crippen MR) is 68.6 cm³/mol. The van der Waals surface area contributed by atoms with Gasteiger partial charge in [0.05, 0.1) is 12.2 Å². The Morgan fingerprint density at radius 1 is 1.29 bits per heavy atom. The SMILES string of the molecule is CC(=O)C(CCCNC(C)NC(C)C)NC=O. The highest BCUT2D eigenvalue weighted by Gasteiger charge is 2.12. The molecule has 0 saturated carbocycles. The fraction of sp³-hybridized carbons (Fsp3) is 0.833. The van der Waals surface area contributed by atoms with Crippen LogP contribution >= 0.6 is 0 Å². The molecule has 3 N–H and O–H groups in total. The first-order valence-corrected chi connectivity index (χ1v) is 6.17. The zero-order chi connectivity index (χ0) is 13.3. The van der Waals surface area contributed by atoms with Crippen LogP contribution in [0.25, 0.3) is 0 Å². The Morgan fingerprint density at radius 2 is 1.94 bits per heavy atom. The number of nitrogens with one attached hydrogen (secondary N) is 3. The lowest BCUT2D eigenvalue weighted by atomic mass is 10.1. The molecule has 100 valence electrons. The van der Waals surface area contributed by atoms with Crippen LogP contribution in [-0.2, 0) is 9.59 Å². The highest BCUT2D eigenvalue weighted by molar-refractivity contribution is 5.83. The second-order valence-electron chi connectivity index (χ2n) is 4.59. The van der Waals surface area contributed by atoms with E-state index in [9.17, 15) is 9.59 Å². The van der Waals surface area contributed by atoms with E-state index in [0.717, 1.165) is 13.0 Å². The number of rotatable bonds is 10. The number of amides is 1. The molecule has 2 unspecified atom stereocenters. The van der Waals surface area contributed by atoms with Crippen LogP contribution in [0.5, 0.6) is 0 Å². The zero-order valence-electron chi connectivity index (χ0n) is 11.2. The van der Waals surface area contributed by atoms with Crippen LogP contribution in [0.1, 0.15) is 40.5 Å². The first kappa shape index (κ1) is 16.1. The summed E-state index contributed by atoms with van der Waals surface area (Å²) < 4.78 is 0. The lowest BCUT2D eigenvalue weighted by Gasteiger charge is -2.19. The molecule has 0 aliphatic heterocycles. The van der Waals surface area contributed by atoms with Crippen molar-refractivity contribution in [3.05, 3.63) is 0 Å². The second kappa shape index (κ2) is 9.13. The second-order valence-corrected chi connectivity index (χ2v) is 4.59. The van der Waals surface area contributed by atoms with Gasteiger partial charge in [0.2, 0.25) is 6.41 Å². The molecule has 1 amide bonds. The summed E-state index contributed by atoms with van der Waals surface area (Å²) >= 11 is 0. The maximum absolute atomic E-state index is 11.2. The third-order valence-electron chi connectivity index (χ3n) is 2.46. The average Bonchev–Trinajstić information content (AvgIpc) is 2.21. The Morgan fingerprint density at radius 3 is 2.41 bits per heavy atom. The van der Waals surface area contributed by atoms with Crippen LogP contribution in [0.15, 0.2) is 0 Å². The predicted octanol–water partition coefficient (Wildman–Crippen LogP) is 0.404. The van der Waals surface area contributed by atoms with E-state index in [1.165, 1.54) is 6.92 Å². The van der Waals surface area contributed by atoms with Gasteiger partial charge in [0.15, 0.2) is 5.78 Å². The van der Waals surface area contributed by atoms with Gasteiger partial charge in [-0.05, 0) is 47.1 Å². The summed E-state index contributed by atoms with van der Waals surface area (Å²) in [5.41, 5.74) is 0. The fourth-order valence-corrected chi connectivity index (χ4v) is 1.67. The third-order valence-corrected chi connectivity index (χ3v) is 2.46. The molecule has 0 aromatic heterocycles. The van der Waals surface area contributed by atoms with Crippen molar-refractivity contribution in [2.75, 3.05) is 6.54 Å². The van der Waals surface area contributed by atoms with E-state index in [1.54, 1.807) is 0 Å². The Kier molecular flexibility index (Phi) is 8.62. The minimum absolute atomic E-state index is 0.00505. The normalized spacial score (nSPS) is 14.4. The molecule has 0 radical (unpaired) electrons. The van der Waals surface area contributed by atoms with Crippen molar-refractivity contribution in [3.8, 4) is 0 Å². The molecule has 0 aromatic carbocycles. The van der Waals surface area contributed by atoms with Gasteiger partial charge in [0.1, 0.15) is 0 Å². The molecule has 0 fully saturated rings. The zero-order valence-corrected chi connectivity index (χ0v) is 11.2. The van der Waals surface area contributed by atoms with Gasteiger partial charge < -0.3 is 10.6 Å². The third kappa shape index (κ3) is 8.83. The topological polar surface area (TPSA) is 70.2 Å². The largest absolute Gasteiger partial charge is 0.349 e. The van der Waals surface area contributed by atoms with Crippen molar-refractivity contribution in [3.63, 3.8) is 0 Å². The van der Waals surface area contributed by atoms with Gasteiger partial charge in [-0.3, -0.25) is 14.9 Å². The fourth-order valence-electron chi connectivity index (χ4n) is 1.67. The van der Waals surface area contributed by atoms with Crippen molar-refractivity contribution in [2.24, 2.45) is 0 Å². The molecule has 0 saturated heterocycles. The first-order chi connectivity index (χ1) is 7.97. The monoisotopic (exact) mass is 243 g/mol. The van der Waals surface area contributed by atoms with E-state index in [1.807, 2.05) is 0 Å². The number of carbonyl (C=O) groups excluding carboxylic acids is 2. The van der Waals surface area contributed by atoms with E-state index in [4.69, 9.17) is 0 Å². The van der Waals surface area contributed by atoms with Gasteiger partial charge in [-0.15, -0.1) is 0 Å². The van der Waals surface area contributed by atoms with Crippen LogP contribution in [0.3, 0.4) is 0 Å². The molecular formula is C12H25N3O2. The average molecular weight is 243 g/mol. The summed E-state index contributed by atoms with van der Waals surface area (Å²) in [6, 6.07) is 0.0989. The summed E-state index contributed by atoms with van der Waals surface area (Å²) in [5, 5.41) is 9.17. The van der Waals surface area contributed by atoms with Crippen LogP contribution < -0.4 is 16.0 Å². The minimum atomic E-state index is -0.345. The van der Waals surface area contributed by atoms with Crippen molar-refractivity contribution >= 4 is 12.2 Å². The molecule has 2 atom stereocenters. The minimum Gasteiger partial charge on any atom is -0.349 e. The Hall–Kier alpha value is -0.940. The molecule has 0 bridgehead atoms. The molecule has 0 aromatic rings. The number of carbonyl (C=O) groups is 2. The highest BCUT2D eigenvalue weighted by atomic mass is 16.1. The van der Waals surface area contributed by atoms with E-state index >= 15 is 0 Å². The van der Waals surface area contributed by atoms with Crippen molar-refractivity contribution in [1.82, 2.24) is 16.0 Å². The molecule has 0 rings (SSSR count). The summed E-state index contributed by atoms with van der Waals surface area (Å²) in [7, 11) is 0. The summed E-state index contributed by atoms with van der Waals surface area (Å²) in [4.78, 5) is 21.4. The van der Waals surface area contributed by atoms with Gasteiger partial charge in [-0.1, -0.05) is 0 Å². The van der Waals surface area contributed by atoms with Crippen molar-refractivity contribution < 1.29 is 9.59 Å². The standard InChI is InChI=1S/C12H25N3O2/c1-9(2)15-11(4)13-7-5-6-12(10(3)17)14-8-16/h8-9,11-13,15H,5-7H2,1-4H3,(H,14,16). The number of Topliss-reactive ketones (excluding diaryl/α,β-unsaturated/α-hetero) is 1. The van der Waals surface area contributed by atoms with E-state index in [0.29, 0.717) is 18.9 Å². The Bertz CT molecular complexity index is 232. The molecule has 0 heterocycles. The smallest absolute Gasteiger partial charge is 0.207 e. The maximum atomic E-state index is 11.2. The first-order valence-electron chi connectivity index (χ1n) is 6.17. The van der Waals surface area contributed by atoms with Gasteiger partial charge in [-0.25, -0.2) is 0 Å². The molecule has 0 aliphatic carbocycles. The van der Waals surface area contributed by atoms with E-state index < -0.39 is 0 Å². The lowest BCUT2D eigenvalue weighted by molar-refractivity contribution is -0.122. The quantitative estimate of drug-likeness (QED) is 0.295. The van der Waals surface area contributed by atoms with Crippen LogP contribution in [-0.4, -0.2) is 37.0 Å². The van der Waals surface area contributed by atoms with Crippen LogP contribution in [0.2, 0.25) is 0 Å². The van der Waals surface area contributed by atoms with Gasteiger partial charge in [0, 0.05) is 6.04 Å². The number of hydrogen-bond acceptors (Lipinski definition) is 4. The molecule has 5 nitrogen and oxygen atoms in total. The summed E-state index contributed by atoms with van der Waals surface area (Å²) in [5.74, 6) is 0.00505. The summed E-state index contributed by atoms with van der Waals surface area (Å²) in [6.45, 7) is 8.57. The van der Waals surface area contributed by atoms with Crippen LogP contribution in [0, 0.1) is 0 Å². The van der Waals surface area contributed by atoms with E-state index in [2.05, 4.69) is 36.7 Å². The summed E-state index contributed by atoms with van der Waals surface area (Å²) in [6.07, 6.45) is 2.37. The Balaban J connectivity index is 3.67. The molecular weight excluding hydrogens is 218 g/mol. The van der Waals surface area contributed by atoms with Crippen molar-refractivity contribution in [2.45, 2.75) is 58.8 Å². The lowest BCUT2D eigenvalue weighted by Crippen LogP contribution is -2.44. The van der Waals surface area contributed by atoms with Gasteiger partial charge in [0.25, 0.3) is 0 Å².